The van der Waals surface area contributed by atoms with Crippen LogP contribution in [0.1, 0.15) is 68.1 Å². The van der Waals surface area contributed by atoms with Crippen molar-refractivity contribution >= 4 is 18.0 Å². The first-order valence-corrected chi connectivity index (χ1v) is 9.12. The number of hydrogen-bond donors (Lipinski definition) is 2. The summed E-state index contributed by atoms with van der Waals surface area (Å²) in [6, 6.07) is 0. The zero-order valence-electron chi connectivity index (χ0n) is 12.5. The first kappa shape index (κ1) is 14.9. The number of nitrogens with one attached hydrogen (secondary N) is 2. The quantitative estimate of drug-likeness (QED) is 0.653. The van der Waals surface area contributed by atoms with E-state index in [2.05, 4.69) is 4.98 Å². The van der Waals surface area contributed by atoms with Crippen molar-refractivity contribution in [1.82, 2.24) is 4.98 Å². The molecule has 2 N–H and O–H groups in total. The Bertz CT molecular complexity index is 571. The first-order chi connectivity index (χ1) is 10.3. The van der Waals surface area contributed by atoms with Gasteiger partial charge in [-0.2, -0.15) is 0 Å². The topological polar surface area (TPSA) is 56.7 Å². The van der Waals surface area contributed by atoms with Crippen LogP contribution in [0.15, 0.2) is 9.82 Å². The third-order valence-electron chi connectivity index (χ3n) is 4.77. The Morgan fingerprint density at radius 1 is 1.00 bits per heavy atom. The van der Waals surface area contributed by atoms with Crippen LogP contribution in [0.3, 0.4) is 0 Å². The van der Waals surface area contributed by atoms with Gasteiger partial charge in [-0.3, -0.25) is 4.79 Å². The molecule has 1 aromatic rings. The maximum absolute atomic E-state index is 12.2. The fourth-order valence-corrected chi connectivity index (χ4v) is 5.04. The zero-order valence-corrected chi connectivity index (χ0v) is 13.4. The smallest absolute Gasteiger partial charge is 0.257 e. The van der Waals surface area contributed by atoms with Crippen molar-refractivity contribution in [2.75, 3.05) is 0 Å². The second-order valence-electron chi connectivity index (χ2n) is 6.24. The van der Waals surface area contributed by atoms with Crippen molar-refractivity contribution in [2.45, 2.75) is 74.5 Å². The van der Waals surface area contributed by atoms with Crippen LogP contribution in [-0.4, -0.2) is 16.4 Å². The normalized spacial score (nSPS) is 19.8. The summed E-state index contributed by atoms with van der Waals surface area (Å²) in [6.45, 7) is 0. The molecule has 4 heteroatoms. The molecule has 1 heterocycles. The van der Waals surface area contributed by atoms with E-state index in [1.807, 2.05) is 11.8 Å². The largest absolute Gasteiger partial charge is 0.316 e. The van der Waals surface area contributed by atoms with Crippen LogP contribution in [0.5, 0.6) is 0 Å². The number of aromatic amines is 1. The van der Waals surface area contributed by atoms with Crippen LogP contribution >= 0.6 is 11.8 Å². The molecule has 0 saturated heterocycles. The van der Waals surface area contributed by atoms with Gasteiger partial charge in [0, 0.05) is 11.5 Å². The molecule has 2 aliphatic carbocycles. The number of thioether (sulfide) groups is 1. The van der Waals surface area contributed by atoms with Gasteiger partial charge in [-0.1, -0.05) is 25.7 Å². The molecule has 3 rings (SSSR count). The van der Waals surface area contributed by atoms with Crippen LogP contribution in [0.25, 0.3) is 0 Å². The second-order valence-corrected chi connectivity index (χ2v) is 7.55. The lowest BCUT2D eigenvalue weighted by Crippen LogP contribution is -2.22. The van der Waals surface area contributed by atoms with E-state index >= 15 is 0 Å². The SMILES string of the molecule is N=Cc1c2c(c(SC3CCCCCC3)[nH]c1=O)CCCC2. The standard InChI is InChI=1S/C17H24N2OS/c18-11-15-13-9-5-6-10-14(13)17(19-16(15)20)21-12-7-3-1-2-4-8-12/h11-12,18H,1-10H2,(H,19,20). The molecule has 1 aromatic heterocycles. The molecule has 0 amide bonds. The number of H-pyrrole nitrogens is 1. The Hall–Kier alpha value is -1.03. The highest BCUT2D eigenvalue weighted by atomic mass is 32.2. The van der Waals surface area contributed by atoms with Crippen LogP contribution in [0, 0.1) is 5.41 Å². The Kier molecular flexibility index (Phi) is 4.84. The highest BCUT2D eigenvalue weighted by Gasteiger charge is 2.22. The Morgan fingerprint density at radius 2 is 1.67 bits per heavy atom. The summed E-state index contributed by atoms with van der Waals surface area (Å²) in [4.78, 5) is 15.3. The summed E-state index contributed by atoms with van der Waals surface area (Å²) in [7, 11) is 0. The van der Waals surface area contributed by atoms with Crippen molar-refractivity contribution in [3.8, 4) is 0 Å². The molecule has 0 aromatic carbocycles. The lowest BCUT2D eigenvalue weighted by Gasteiger charge is -2.22. The summed E-state index contributed by atoms with van der Waals surface area (Å²) in [5.41, 5.74) is 3.00. The molecule has 0 aliphatic heterocycles. The number of fused-ring (bicyclic) bond motifs is 1. The lowest BCUT2D eigenvalue weighted by molar-refractivity contribution is 0.661. The highest BCUT2D eigenvalue weighted by molar-refractivity contribution is 7.99. The van der Waals surface area contributed by atoms with Crippen molar-refractivity contribution in [2.24, 2.45) is 0 Å². The number of rotatable bonds is 3. The zero-order chi connectivity index (χ0) is 14.7. The molecule has 114 valence electrons. The molecular formula is C17H24N2OS. The van der Waals surface area contributed by atoms with Gasteiger partial charge in [0.25, 0.3) is 5.56 Å². The van der Waals surface area contributed by atoms with E-state index < -0.39 is 0 Å². The Balaban J connectivity index is 1.92. The molecule has 0 spiro atoms. The van der Waals surface area contributed by atoms with Crippen LogP contribution in [0.4, 0.5) is 0 Å². The molecule has 1 saturated carbocycles. The molecule has 0 atom stereocenters. The van der Waals surface area contributed by atoms with E-state index in [0.29, 0.717) is 10.8 Å². The number of pyridine rings is 1. The Morgan fingerprint density at radius 3 is 2.33 bits per heavy atom. The maximum atomic E-state index is 12.2. The summed E-state index contributed by atoms with van der Waals surface area (Å²) < 4.78 is 0. The molecule has 0 radical (unpaired) electrons. The van der Waals surface area contributed by atoms with Gasteiger partial charge in [-0.25, -0.2) is 0 Å². The molecule has 3 nitrogen and oxygen atoms in total. The average Bonchev–Trinajstić information content (AvgIpc) is 2.76. The van der Waals surface area contributed by atoms with Crippen LogP contribution < -0.4 is 5.56 Å². The summed E-state index contributed by atoms with van der Waals surface area (Å²) in [5, 5.41) is 9.28. The number of aromatic nitrogens is 1. The van der Waals surface area contributed by atoms with Gasteiger partial charge in [-0.15, -0.1) is 11.8 Å². The maximum Gasteiger partial charge on any atom is 0.257 e. The van der Waals surface area contributed by atoms with Gasteiger partial charge >= 0.3 is 0 Å². The van der Waals surface area contributed by atoms with Gasteiger partial charge in [0.15, 0.2) is 0 Å². The monoisotopic (exact) mass is 304 g/mol. The van der Waals surface area contributed by atoms with Crippen molar-refractivity contribution < 1.29 is 0 Å². The van der Waals surface area contributed by atoms with E-state index in [0.717, 1.165) is 29.9 Å². The number of hydrogen-bond acceptors (Lipinski definition) is 3. The minimum atomic E-state index is -0.0678. The van der Waals surface area contributed by atoms with Crippen LogP contribution in [-0.2, 0) is 12.8 Å². The molecule has 2 aliphatic rings. The Labute approximate surface area is 130 Å². The first-order valence-electron chi connectivity index (χ1n) is 8.24. The molecular weight excluding hydrogens is 280 g/mol. The third kappa shape index (κ3) is 3.25. The average molecular weight is 304 g/mol. The van der Waals surface area contributed by atoms with Crippen molar-refractivity contribution in [1.29, 1.82) is 5.41 Å². The minimum absolute atomic E-state index is 0.0678. The van der Waals surface area contributed by atoms with E-state index in [9.17, 15) is 4.79 Å². The van der Waals surface area contributed by atoms with Gasteiger partial charge in [0.2, 0.25) is 0 Å². The molecule has 21 heavy (non-hydrogen) atoms. The van der Waals surface area contributed by atoms with E-state index in [1.54, 1.807) is 0 Å². The van der Waals surface area contributed by atoms with Crippen LogP contribution in [0.2, 0.25) is 0 Å². The third-order valence-corrected chi connectivity index (χ3v) is 6.16. The second kappa shape index (κ2) is 6.82. The van der Waals surface area contributed by atoms with Gasteiger partial charge in [0.1, 0.15) is 0 Å². The van der Waals surface area contributed by atoms with Crippen molar-refractivity contribution in [3.63, 3.8) is 0 Å². The summed E-state index contributed by atoms with van der Waals surface area (Å²) >= 11 is 1.90. The minimum Gasteiger partial charge on any atom is -0.316 e. The highest BCUT2D eigenvalue weighted by Crippen LogP contribution is 2.36. The van der Waals surface area contributed by atoms with E-state index in [4.69, 9.17) is 5.41 Å². The molecule has 0 unspecified atom stereocenters. The molecule has 0 bridgehead atoms. The summed E-state index contributed by atoms with van der Waals surface area (Å²) in [5.74, 6) is 0. The van der Waals surface area contributed by atoms with E-state index in [-0.39, 0.29) is 5.56 Å². The summed E-state index contributed by atoms with van der Waals surface area (Å²) in [6.07, 6.45) is 13.5. The fourth-order valence-electron chi connectivity index (χ4n) is 3.62. The predicted octanol–water partition coefficient (Wildman–Crippen LogP) is 4.07. The van der Waals surface area contributed by atoms with E-state index in [1.165, 1.54) is 56.7 Å². The molecule has 1 fully saturated rings. The van der Waals surface area contributed by atoms with Gasteiger partial charge < -0.3 is 10.4 Å². The van der Waals surface area contributed by atoms with Gasteiger partial charge in [-0.05, 0) is 49.7 Å². The lowest BCUT2D eigenvalue weighted by atomic mass is 9.90. The fraction of sp³-hybridized carbons (Fsp3) is 0.647. The van der Waals surface area contributed by atoms with Crippen molar-refractivity contribution in [3.05, 3.63) is 27.0 Å². The predicted molar refractivity (Wildman–Crippen MR) is 88.9 cm³/mol. The van der Waals surface area contributed by atoms with Gasteiger partial charge in [0.05, 0.1) is 10.6 Å².